The Kier molecular flexibility index (Phi) is 5.43. The number of hydrogen-bond donors (Lipinski definition) is 0. The predicted octanol–water partition coefficient (Wildman–Crippen LogP) is -0.393. The van der Waals surface area contributed by atoms with Gasteiger partial charge < -0.3 is 9.64 Å². The van der Waals surface area contributed by atoms with Crippen LogP contribution in [0.15, 0.2) is 0 Å². The molecular formula is C11H17N3O3. The quantitative estimate of drug-likeness (QED) is 0.624. The standard InChI is InChI=1S/C11H17N3O3/c1-17-11(16)3-5-13-6-8-14(9-7-13)10(15)2-4-12/h2-3,5-9H2,1H3. The van der Waals surface area contributed by atoms with Crippen molar-refractivity contribution in [2.75, 3.05) is 39.8 Å². The van der Waals surface area contributed by atoms with Crippen LogP contribution in [-0.2, 0) is 14.3 Å². The van der Waals surface area contributed by atoms with E-state index < -0.39 is 0 Å². The first-order valence-corrected chi connectivity index (χ1v) is 5.61. The molecule has 0 unspecified atom stereocenters. The lowest BCUT2D eigenvalue weighted by Crippen LogP contribution is -2.49. The Balaban J connectivity index is 2.24. The summed E-state index contributed by atoms with van der Waals surface area (Å²) in [6.07, 6.45) is 0.324. The van der Waals surface area contributed by atoms with Gasteiger partial charge in [-0.1, -0.05) is 0 Å². The summed E-state index contributed by atoms with van der Waals surface area (Å²) < 4.78 is 4.57. The molecule has 17 heavy (non-hydrogen) atoms. The van der Waals surface area contributed by atoms with E-state index in [4.69, 9.17) is 5.26 Å². The summed E-state index contributed by atoms with van der Waals surface area (Å²) in [7, 11) is 1.38. The number of piperazine rings is 1. The van der Waals surface area contributed by atoms with Crippen LogP contribution in [0.4, 0.5) is 0 Å². The van der Waals surface area contributed by atoms with E-state index >= 15 is 0 Å². The van der Waals surface area contributed by atoms with Crippen LogP contribution in [0.2, 0.25) is 0 Å². The summed E-state index contributed by atoms with van der Waals surface area (Å²) in [4.78, 5) is 26.2. The molecular weight excluding hydrogens is 222 g/mol. The Morgan fingerprint density at radius 1 is 1.29 bits per heavy atom. The molecule has 1 fully saturated rings. The molecule has 0 aromatic rings. The number of nitrogens with zero attached hydrogens (tertiary/aromatic N) is 3. The lowest BCUT2D eigenvalue weighted by molar-refractivity contribution is -0.141. The number of esters is 1. The van der Waals surface area contributed by atoms with Crippen LogP contribution < -0.4 is 0 Å². The summed E-state index contributed by atoms with van der Waals surface area (Å²) in [5, 5.41) is 8.43. The van der Waals surface area contributed by atoms with Crippen molar-refractivity contribution in [3.05, 3.63) is 0 Å². The SMILES string of the molecule is COC(=O)CCN1CCN(C(=O)CC#N)CC1. The molecule has 0 aliphatic carbocycles. The van der Waals surface area contributed by atoms with E-state index in [1.165, 1.54) is 7.11 Å². The van der Waals surface area contributed by atoms with Crippen molar-refractivity contribution in [3.63, 3.8) is 0 Å². The first-order chi connectivity index (χ1) is 8.17. The molecule has 0 spiro atoms. The molecule has 1 heterocycles. The summed E-state index contributed by atoms with van der Waals surface area (Å²) in [6, 6.07) is 1.86. The third kappa shape index (κ3) is 4.41. The van der Waals surface area contributed by atoms with Gasteiger partial charge in [-0.2, -0.15) is 5.26 Å². The van der Waals surface area contributed by atoms with E-state index in [0.29, 0.717) is 26.1 Å². The van der Waals surface area contributed by atoms with Crippen LogP contribution in [0.3, 0.4) is 0 Å². The fourth-order valence-electron chi connectivity index (χ4n) is 1.75. The minimum Gasteiger partial charge on any atom is -0.469 e. The highest BCUT2D eigenvalue weighted by atomic mass is 16.5. The molecule has 0 aromatic heterocycles. The minimum atomic E-state index is -0.215. The topological polar surface area (TPSA) is 73.6 Å². The van der Waals surface area contributed by atoms with Crippen molar-refractivity contribution in [1.82, 2.24) is 9.80 Å². The van der Waals surface area contributed by atoms with Gasteiger partial charge in [0, 0.05) is 32.7 Å². The molecule has 1 aliphatic heterocycles. The molecule has 1 aliphatic rings. The summed E-state index contributed by atoms with van der Waals surface area (Å²) in [5.41, 5.74) is 0. The van der Waals surface area contributed by atoms with Crippen molar-refractivity contribution in [2.45, 2.75) is 12.8 Å². The average Bonchev–Trinajstić information content (AvgIpc) is 2.36. The van der Waals surface area contributed by atoms with Crippen molar-refractivity contribution in [1.29, 1.82) is 5.26 Å². The fourth-order valence-corrected chi connectivity index (χ4v) is 1.75. The molecule has 0 atom stereocenters. The maximum absolute atomic E-state index is 11.4. The average molecular weight is 239 g/mol. The molecule has 0 saturated carbocycles. The molecule has 6 nitrogen and oxygen atoms in total. The van der Waals surface area contributed by atoms with Crippen LogP contribution >= 0.6 is 0 Å². The summed E-state index contributed by atoms with van der Waals surface area (Å²) >= 11 is 0. The Morgan fingerprint density at radius 2 is 1.94 bits per heavy atom. The normalized spacial score (nSPS) is 16.4. The Hall–Kier alpha value is -1.61. The highest BCUT2D eigenvalue weighted by Crippen LogP contribution is 2.04. The summed E-state index contributed by atoms with van der Waals surface area (Å²) in [6.45, 7) is 3.40. The van der Waals surface area contributed by atoms with Crippen LogP contribution in [0.1, 0.15) is 12.8 Å². The largest absolute Gasteiger partial charge is 0.469 e. The van der Waals surface area contributed by atoms with Crippen molar-refractivity contribution >= 4 is 11.9 Å². The van der Waals surface area contributed by atoms with E-state index in [0.717, 1.165) is 13.1 Å². The molecule has 0 aromatic carbocycles. The minimum absolute atomic E-state index is 0.0534. The molecule has 6 heteroatoms. The second-order valence-electron chi connectivity index (χ2n) is 3.88. The Morgan fingerprint density at radius 3 is 2.47 bits per heavy atom. The first kappa shape index (κ1) is 13.5. The van der Waals surface area contributed by atoms with Crippen molar-refractivity contribution in [2.24, 2.45) is 0 Å². The number of amides is 1. The second-order valence-corrected chi connectivity index (χ2v) is 3.88. The smallest absolute Gasteiger partial charge is 0.306 e. The number of methoxy groups -OCH3 is 1. The van der Waals surface area contributed by atoms with Gasteiger partial charge in [-0.15, -0.1) is 0 Å². The lowest BCUT2D eigenvalue weighted by atomic mass is 10.2. The van der Waals surface area contributed by atoms with Gasteiger partial charge in [-0.3, -0.25) is 14.5 Å². The molecule has 0 bridgehead atoms. The van der Waals surface area contributed by atoms with Gasteiger partial charge in [0.25, 0.3) is 0 Å². The van der Waals surface area contributed by atoms with E-state index in [1.54, 1.807) is 4.90 Å². The number of rotatable bonds is 4. The Labute approximate surface area is 101 Å². The van der Waals surface area contributed by atoms with Gasteiger partial charge in [0.2, 0.25) is 5.91 Å². The van der Waals surface area contributed by atoms with Crippen molar-refractivity contribution < 1.29 is 14.3 Å². The van der Waals surface area contributed by atoms with Gasteiger partial charge in [0.1, 0.15) is 6.42 Å². The maximum Gasteiger partial charge on any atom is 0.306 e. The first-order valence-electron chi connectivity index (χ1n) is 5.61. The van der Waals surface area contributed by atoms with E-state index in [-0.39, 0.29) is 18.3 Å². The van der Waals surface area contributed by atoms with Crippen LogP contribution in [0.25, 0.3) is 0 Å². The third-order valence-corrected chi connectivity index (χ3v) is 2.82. The third-order valence-electron chi connectivity index (χ3n) is 2.82. The van der Waals surface area contributed by atoms with Crippen LogP contribution in [0, 0.1) is 11.3 Å². The van der Waals surface area contributed by atoms with Gasteiger partial charge in [0.15, 0.2) is 0 Å². The number of ether oxygens (including phenoxy) is 1. The van der Waals surface area contributed by atoms with Gasteiger partial charge in [-0.05, 0) is 0 Å². The van der Waals surface area contributed by atoms with E-state index in [9.17, 15) is 9.59 Å². The van der Waals surface area contributed by atoms with Crippen molar-refractivity contribution in [3.8, 4) is 6.07 Å². The molecule has 94 valence electrons. The number of nitriles is 1. The van der Waals surface area contributed by atoms with Gasteiger partial charge in [0.05, 0.1) is 19.6 Å². The van der Waals surface area contributed by atoms with E-state index in [2.05, 4.69) is 9.64 Å². The number of hydrogen-bond acceptors (Lipinski definition) is 5. The Bertz CT molecular complexity index is 316. The predicted molar refractivity (Wildman–Crippen MR) is 59.9 cm³/mol. The van der Waals surface area contributed by atoms with Gasteiger partial charge in [-0.25, -0.2) is 0 Å². The highest BCUT2D eigenvalue weighted by molar-refractivity contribution is 5.78. The molecule has 1 rings (SSSR count). The molecule has 1 saturated heterocycles. The summed E-state index contributed by atoms with van der Waals surface area (Å²) in [5.74, 6) is -0.326. The number of carbonyl (C=O) groups is 2. The van der Waals surface area contributed by atoms with Crippen LogP contribution in [0.5, 0.6) is 0 Å². The highest BCUT2D eigenvalue weighted by Gasteiger charge is 2.20. The number of carbonyl (C=O) groups excluding carboxylic acids is 2. The van der Waals surface area contributed by atoms with Crippen LogP contribution in [-0.4, -0.2) is 61.5 Å². The second kappa shape index (κ2) is 6.86. The fraction of sp³-hybridized carbons (Fsp3) is 0.727. The maximum atomic E-state index is 11.4. The van der Waals surface area contributed by atoms with E-state index in [1.807, 2.05) is 6.07 Å². The monoisotopic (exact) mass is 239 g/mol. The molecule has 0 radical (unpaired) electrons. The molecule has 1 amide bonds. The lowest BCUT2D eigenvalue weighted by Gasteiger charge is -2.34. The zero-order valence-corrected chi connectivity index (χ0v) is 10.0. The zero-order chi connectivity index (χ0) is 12.7. The molecule has 0 N–H and O–H groups in total. The zero-order valence-electron chi connectivity index (χ0n) is 10.0. The van der Waals surface area contributed by atoms with Gasteiger partial charge >= 0.3 is 5.97 Å².